The van der Waals surface area contributed by atoms with E-state index in [2.05, 4.69) is 0 Å². The lowest BCUT2D eigenvalue weighted by Gasteiger charge is -2.30. The fourth-order valence-electron chi connectivity index (χ4n) is 1.74. The normalized spacial score (nSPS) is 17.4. The average Bonchev–Trinajstić information content (AvgIpc) is 2.27. The number of ketones is 1. The lowest BCUT2D eigenvalue weighted by atomic mass is 10.1. The number of cyclic esters (lactones) is 1. The van der Waals surface area contributed by atoms with Crippen LogP contribution < -0.4 is 0 Å². The van der Waals surface area contributed by atoms with Gasteiger partial charge in [0, 0.05) is 19.4 Å². The average molecular weight is 246 g/mol. The zero-order valence-corrected chi connectivity index (χ0v) is 10.3. The highest BCUT2D eigenvalue weighted by Crippen LogP contribution is 2.24. The fourth-order valence-corrected chi connectivity index (χ4v) is 1.74. The van der Waals surface area contributed by atoms with Gasteiger partial charge in [-0.05, 0) is 0 Å². The van der Waals surface area contributed by atoms with Crippen LogP contribution in [0.2, 0.25) is 0 Å². The minimum atomic E-state index is -1.02. The Morgan fingerprint density at radius 1 is 1.17 bits per heavy atom. The Morgan fingerprint density at radius 2 is 1.83 bits per heavy atom. The molecule has 0 amide bonds. The monoisotopic (exact) mass is 246 g/mol. The van der Waals surface area contributed by atoms with Gasteiger partial charge in [0.25, 0.3) is 0 Å². The summed E-state index contributed by atoms with van der Waals surface area (Å²) >= 11 is 0. The molecule has 1 aromatic carbocycles. The molecule has 0 fully saturated rings. The molecule has 0 aliphatic carbocycles. The van der Waals surface area contributed by atoms with Gasteiger partial charge in [-0.1, -0.05) is 30.3 Å². The predicted octanol–water partition coefficient (Wildman–Crippen LogP) is 2.45. The summed E-state index contributed by atoms with van der Waals surface area (Å²) < 4.78 is 10.4. The van der Waals surface area contributed by atoms with E-state index in [0.29, 0.717) is 11.3 Å². The van der Waals surface area contributed by atoms with Gasteiger partial charge in [-0.3, -0.25) is 4.79 Å². The quantitative estimate of drug-likeness (QED) is 0.607. The number of benzene rings is 1. The number of carbonyl (C=O) groups is 2. The van der Waals surface area contributed by atoms with Crippen molar-refractivity contribution >= 4 is 11.8 Å². The molecule has 4 heteroatoms. The van der Waals surface area contributed by atoms with Crippen LogP contribution in [0.15, 0.2) is 42.2 Å². The molecule has 94 valence electrons. The minimum absolute atomic E-state index is 0.0581. The molecule has 0 bridgehead atoms. The van der Waals surface area contributed by atoms with Crippen molar-refractivity contribution in [2.75, 3.05) is 0 Å². The van der Waals surface area contributed by atoms with Crippen molar-refractivity contribution < 1.29 is 19.1 Å². The summed E-state index contributed by atoms with van der Waals surface area (Å²) in [6.07, 6.45) is 1.27. The van der Waals surface area contributed by atoms with E-state index in [9.17, 15) is 9.59 Å². The Balaban J connectivity index is 2.11. The highest BCUT2D eigenvalue weighted by atomic mass is 16.7. The predicted molar refractivity (Wildman–Crippen MR) is 64.7 cm³/mol. The Labute approximate surface area is 105 Å². The largest absolute Gasteiger partial charge is 0.456 e. The summed E-state index contributed by atoms with van der Waals surface area (Å²) in [5.41, 5.74) is 0.596. The van der Waals surface area contributed by atoms with Crippen LogP contribution in [-0.4, -0.2) is 17.5 Å². The molecule has 0 atom stereocenters. The third kappa shape index (κ3) is 2.97. The summed E-state index contributed by atoms with van der Waals surface area (Å²) in [6, 6.07) is 8.89. The first kappa shape index (κ1) is 12.4. The summed E-state index contributed by atoms with van der Waals surface area (Å²) in [5.74, 6) is -1.25. The smallest absolute Gasteiger partial charge is 0.337 e. The fraction of sp³-hybridized carbons (Fsp3) is 0.286. The Kier molecular flexibility index (Phi) is 3.19. The SMILES string of the molecule is CC1(C)OC(=O)C=C(CC(=O)c2ccccc2)O1. The van der Waals surface area contributed by atoms with Crippen molar-refractivity contribution in [2.24, 2.45) is 0 Å². The number of hydrogen-bond acceptors (Lipinski definition) is 4. The zero-order chi connectivity index (χ0) is 13.2. The van der Waals surface area contributed by atoms with Crippen molar-refractivity contribution in [3.05, 3.63) is 47.7 Å². The molecule has 18 heavy (non-hydrogen) atoms. The highest BCUT2D eigenvalue weighted by molar-refractivity contribution is 5.98. The van der Waals surface area contributed by atoms with E-state index >= 15 is 0 Å². The second kappa shape index (κ2) is 4.64. The highest BCUT2D eigenvalue weighted by Gasteiger charge is 2.30. The van der Waals surface area contributed by atoms with Gasteiger partial charge in [-0.25, -0.2) is 4.79 Å². The molecular formula is C14H14O4. The minimum Gasteiger partial charge on any atom is -0.456 e. The molecule has 2 rings (SSSR count). The third-order valence-corrected chi connectivity index (χ3v) is 2.43. The summed E-state index contributed by atoms with van der Waals surface area (Å²) in [5, 5.41) is 0. The maximum absolute atomic E-state index is 12.0. The number of esters is 1. The maximum atomic E-state index is 12.0. The van der Waals surface area contributed by atoms with Crippen LogP contribution in [-0.2, 0) is 14.3 Å². The first-order valence-electron chi connectivity index (χ1n) is 5.67. The van der Waals surface area contributed by atoms with Crippen molar-refractivity contribution in [3.8, 4) is 0 Å². The molecule has 0 radical (unpaired) electrons. The molecular weight excluding hydrogens is 232 g/mol. The van der Waals surface area contributed by atoms with Crippen LogP contribution in [0.4, 0.5) is 0 Å². The number of carbonyl (C=O) groups excluding carboxylic acids is 2. The lowest BCUT2D eigenvalue weighted by Crippen LogP contribution is -2.34. The van der Waals surface area contributed by atoms with E-state index in [0.717, 1.165) is 0 Å². The van der Waals surface area contributed by atoms with E-state index in [1.165, 1.54) is 6.08 Å². The van der Waals surface area contributed by atoms with Crippen LogP contribution >= 0.6 is 0 Å². The molecule has 4 nitrogen and oxygen atoms in total. The van der Waals surface area contributed by atoms with E-state index in [4.69, 9.17) is 9.47 Å². The molecule has 1 aliphatic rings. The van der Waals surface area contributed by atoms with Gasteiger partial charge in [0.15, 0.2) is 5.78 Å². The standard InChI is InChI=1S/C14H14O4/c1-14(2)17-11(9-13(16)18-14)8-12(15)10-6-4-3-5-7-10/h3-7,9H,8H2,1-2H3. The molecule has 0 unspecified atom stereocenters. The van der Waals surface area contributed by atoms with Gasteiger partial charge in [0.05, 0.1) is 12.5 Å². The van der Waals surface area contributed by atoms with Crippen LogP contribution in [0.3, 0.4) is 0 Å². The summed E-state index contributed by atoms with van der Waals surface area (Å²) in [4.78, 5) is 23.3. The van der Waals surface area contributed by atoms with Gasteiger partial charge in [-0.15, -0.1) is 0 Å². The second-order valence-corrected chi connectivity index (χ2v) is 4.50. The Hall–Kier alpha value is -2.10. The molecule has 1 aliphatic heterocycles. The van der Waals surface area contributed by atoms with Crippen LogP contribution in [0.5, 0.6) is 0 Å². The van der Waals surface area contributed by atoms with Crippen LogP contribution in [0.1, 0.15) is 30.6 Å². The van der Waals surface area contributed by atoms with Crippen LogP contribution in [0.25, 0.3) is 0 Å². The number of hydrogen-bond donors (Lipinski definition) is 0. The number of Topliss-reactive ketones (excluding diaryl/α,β-unsaturated/α-hetero) is 1. The molecule has 1 heterocycles. The van der Waals surface area contributed by atoms with Gasteiger partial charge < -0.3 is 9.47 Å². The van der Waals surface area contributed by atoms with Crippen molar-refractivity contribution in [3.63, 3.8) is 0 Å². The van der Waals surface area contributed by atoms with Crippen molar-refractivity contribution in [1.82, 2.24) is 0 Å². The van der Waals surface area contributed by atoms with E-state index in [-0.39, 0.29) is 12.2 Å². The topological polar surface area (TPSA) is 52.6 Å². The molecule has 1 aromatic rings. The molecule has 0 N–H and O–H groups in total. The molecule has 0 saturated carbocycles. The van der Waals surface area contributed by atoms with Crippen LogP contribution in [0, 0.1) is 0 Å². The molecule has 0 aromatic heterocycles. The van der Waals surface area contributed by atoms with Crippen molar-refractivity contribution in [1.29, 1.82) is 0 Å². The third-order valence-electron chi connectivity index (χ3n) is 2.43. The van der Waals surface area contributed by atoms with Gasteiger partial charge in [0.2, 0.25) is 5.79 Å². The second-order valence-electron chi connectivity index (χ2n) is 4.50. The van der Waals surface area contributed by atoms with Gasteiger partial charge in [0.1, 0.15) is 5.76 Å². The van der Waals surface area contributed by atoms with E-state index < -0.39 is 11.8 Å². The van der Waals surface area contributed by atoms with Crippen molar-refractivity contribution in [2.45, 2.75) is 26.1 Å². The van der Waals surface area contributed by atoms with Gasteiger partial charge in [-0.2, -0.15) is 0 Å². The number of allylic oxidation sites excluding steroid dienone is 1. The first-order valence-corrected chi connectivity index (χ1v) is 5.67. The lowest BCUT2D eigenvalue weighted by molar-refractivity contribution is -0.205. The van der Waals surface area contributed by atoms with E-state index in [1.807, 2.05) is 6.07 Å². The Morgan fingerprint density at radius 3 is 2.44 bits per heavy atom. The van der Waals surface area contributed by atoms with Gasteiger partial charge >= 0.3 is 5.97 Å². The summed E-state index contributed by atoms with van der Waals surface area (Å²) in [6.45, 7) is 3.26. The molecule has 0 saturated heterocycles. The molecule has 0 spiro atoms. The Bertz CT molecular complexity index is 500. The maximum Gasteiger partial charge on any atom is 0.337 e. The number of ether oxygens (including phenoxy) is 2. The van der Waals surface area contributed by atoms with E-state index in [1.54, 1.807) is 38.1 Å². The first-order chi connectivity index (χ1) is 8.46. The summed E-state index contributed by atoms with van der Waals surface area (Å²) in [7, 11) is 0. The number of rotatable bonds is 3. The zero-order valence-electron chi connectivity index (χ0n) is 10.3.